The van der Waals surface area contributed by atoms with Crippen LogP contribution >= 0.6 is 0 Å². The van der Waals surface area contributed by atoms with Gasteiger partial charge in [-0.2, -0.15) is 8.78 Å². The Labute approximate surface area is 87.4 Å². The number of rotatable bonds is 3. The van der Waals surface area contributed by atoms with Gasteiger partial charge in [-0.3, -0.25) is 4.79 Å². The molecular weight excluding hydrogens is 226 g/mol. The van der Waals surface area contributed by atoms with Crippen molar-refractivity contribution in [1.29, 1.82) is 0 Å². The van der Waals surface area contributed by atoms with E-state index in [9.17, 15) is 17.8 Å². The number of halogens is 2. The first-order valence-electron chi connectivity index (χ1n) is 3.96. The molecular formula is C9H8F2O3S. The Morgan fingerprint density at radius 2 is 1.80 bits per heavy atom. The summed E-state index contributed by atoms with van der Waals surface area (Å²) in [6, 6.07) is 5.34. The van der Waals surface area contributed by atoms with Gasteiger partial charge in [0.05, 0.1) is 0 Å². The molecule has 1 rings (SSSR count). The van der Waals surface area contributed by atoms with Crippen LogP contribution in [0.1, 0.15) is 15.9 Å². The maximum atomic E-state index is 12.8. The van der Waals surface area contributed by atoms with Crippen molar-refractivity contribution < 1.29 is 22.3 Å². The summed E-state index contributed by atoms with van der Waals surface area (Å²) in [4.78, 5) is 11.1. The summed E-state index contributed by atoms with van der Waals surface area (Å²) >= 11 is -3.49. The van der Waals surface area contributed by atoms with E-state index in [4.69, 9.17) is 4.55 Å². The van der Waals surface area contributed by atoms with Gasteiger partial charge in [-0.25, -0.2) is 4.21 Å². The third-order valence-corrected chi connectivity index (χ3v) is 2.42. The number of carbonyl (C=O) groups is 1. The van der Waals surface area contributed by atoms with Crippen LogP contribution in [0.15, 0.2) is 24.3 Å². The number of aryl methyl sites for hydroxylation is 1. The quantitative estimate of drug-likeness (QED) is 0.642. The second kappa shape index (κ2) is 4.16. The highest BCUT2D eigenvalue weighted by molar-refractivity contribution is 7.81. The second-order valence-electron chi connectivity index (χ2n) is 2.96. The van der Waals surface area contributed by atoms with Crippen LogP contribution in [0.25, 0.3) is 0 Å². The maximum Gasteiger partial charge on any atom is 0.406 e. The molecule has 0 amide bonds. The van der Waals surface area contributed by atoms with E-state index in [2.05, 4.69) is 0 Å². The average Bonchev–Trinajstić information content (AvgIpc) is 2.17. The highest BCUT2D eigenvalue weighted by Gasteiger charge is 2.45. The van der Waals surface area contributed by atoms with E-state index in [0.717, 1.165) is 5.56 Å². The molecule has 1 aromatic carbocycles. The van der Waals surface area contributed by atoms with Crippen LogP contribution in [-0.2, 0) is 11.1 Å². The van der Waals surface area contributed by atoms with E-state index >= 15 is 0 Å². The number of benzene rings is 1. The highest BCUT2D eigenvalue weighted by Crippen LogP contribution is 2.23. The lowest BCUT2D eigenvalue weighted by atomic mass is 10.1. The molecule has 0 saturated carbocycles. The lowest BCUT2D eigenvalue weighted by Crippen LogP contribution is -2.33. The van der Waals surface area contributed by atoms with E-state index in [1.54, 1.807) is 6.92 Å². The molecule has 82 valence electrons. The minimum Gasteiger partial charge on any atom is -0.301 e. The molecule has 3 nitrogen and oxygen atoms in total. The van der Waals surface area contributed by atoms with E-state index in [0.29, 0.717) is 0 Å². The van der Waals surface area contributed by atoms with Crippen molar-refractivity contribution in [1.82, 2.24) is 0 Å². The van der Waals surface area contributed by atoms with E-state index in [-0.39, 0.29) is 5.56 Å². The molecule has 6 heteroatoms. The van der Waals surface area contributed by atoms with Gasteiger partial charge >= 0.3 is 5.25 Å². The summed E-state index contributed by atoms with van der Waals surface area (Å²) in [6.45, 7) is 1.73. The van der Waals surface area contributed by atoms with E-state index in [1.807, 2.05) is 0 Å². The van der Waals surface area contributed by atoms with Crippen molar-refractivity contribution in [3.63, 3.8) is 0 Å². The summed E-state index contributed by atoms with van der Waals surface area (Å²) in [5.74, 6) is -1.65. The third kappa shape index (κ3) is 2.45. The number of carbonyl (C=O) groups excluding carboxylic acids is 1. The van der Waals surface area contributed by atoms with Crippen LogP contribution in [0.4, 0.5) is 8.78 Å². The Balaban J connectivity index is 3.05. The van der Waals surface area contributed by atoms with Gasteiger partial charge in [0.25, 0.3) is 0 Å². The normalized spacial score (nSPS) is 13.6. The fourth-order valence-corrected chi connectivity index (χ4v) is 1.23. The number of hydrogen-bond donors (Lipinski definition) is 1. The van der Waals surface area contributed by atoms with Gasteiger partial charge in [0.1, 0.15) is 0 Å². The Hall–Kier alpha value is -1.14. The highest BCUT2D eigenvalue weighted by atomic mass is 32.2. The zero-order valence-electron chi connectivity index (χ0n) is 7.74. The lowest BCUT2D eigenvalue weighted by Gasteiger charge is -2.10. The fourth-order valence-electron chi connectivity index (χ4n) is 0.952. The van der Waals surface area contributed by atoms with E-state index in [1.165, 1.54) is 24.3 Å². The third-order valence-electron chi connectivity index (χ3n) is 1.80. The first-order chi connectivity index (χ1) is 6.85. The molecule has 1 N–H and O–H groups in total. The summed E-state index contributed by atoms with van der Waals surface area (Å²) in [5.41, 5.74) is 0.521. The molecule has 1 aromatic rings. The Morgan fingerprint density at radius 1 is 1.33 bits per heavy atom. The molecule has 1 unspecified atom stereocenters. The predicted molar refractivity (Wildman–Crippen MR) is 51.2 cm³/mol. The molecule has 1 atom stereocenters. The number of hydrogen-bond acceptors (Lipinski definition) is 2. The number of alkyl halides is 2. The van der Waals surface area contributed by atoms with Crippen molar-refractivity contribution >= 4 is 16.9 Å². The fraction of sp³-hybridized carbons (Fsp3) is 0.222. The zero-order chi connectivity index (χ0) is 11.6. The van der Waals surface area contributed by atoms with Crippen LogP contribution in [0.5, 0.6) is 0 Å². The Kier molecular flexibility index (Phi) is 3.31. The minimum absolute atomic E-state index is 0.284. The minimum atomic E-state index is -4.25. The van der Waals surface area contributed by atoms with Gasteiger partial charge in [0, 0.05) is 5.56 Å². The summed E-state index contributed by atoms with van der Waals surface area (Å²) in [7, 11) is 0. The monoisotopic (exact) mass is 234 g/mol. The molecule has 0 aromatic heterocycles. The van der Waals surface area contributed by atoms with Gasteiger partial charge in [-0.05, 0) is 6.92 Å². The summed E-state index contributed by atoms with van der Waals surface area (Å²) < 4.78 is 44.2. The molecule has 0 spiro atoms. The summed E-state index contributed by atoms with van der Waals surface area (Å²) in [6.07, 6.45) is 0. The van der Waals surface area contributed by atoms with Gasteiger partial charge in [-0.15, -0.1) is 0 Å². The Morgan fingerprint density at radius 3 is 2.20 bits per heavy atom. The van der Waals surface area contributed by atoms with Gasteiger partial charge in [0.15, 0.2) is 0 Å². The summed E-state index contributed by atoms with van der Waals surface area (Å²) in [5, 5.41) is -4.25. The smallest absolute Gasteiger partial charge is 0.301 e. The van der Waals surface area contributed by atoms with Crippen molar-refractivity contribution in [3.05, 3.63) is 35.4 Å². The first-order valence-corrected chi connectivity index (χ1v) is 5.06. The molecule has 0 aliphatic carbocycles. The second-order valence-corrected chi connectivity index (χ2v) is 3.97. The molecule has 0 heterocycles. The van der Waals surface area contributed by atoms with Crippen LogP contribution in [0.2, 0.25) is 0 Å². The zero-order valence-corrected chi connectivity index (χ0v) is 8.55. The topological polar surface area (TPSA) is 54.4 Å². The van der Waals surface area contributed by atoms with E-state index < -0.39 is 22.1 Å². The lowest BCUT2D eigenvalue weighted by molar-refractivity contribution is 0.0521. The van der Waals surface area contributed by atoms with Crippen LogP contribution in [0.3, 0.4) is 0 Å². The van der Waals surface area contributed by atoms with Crippen LogP contribution in [-0.4, -0.2) is 19.8 Å². The molecule has 0 aliphatic heterocycles. The van der Waals surface area contributed by atoms with Crippen molar-refractivity contribution in [2.75, 3.05) is 0 Å². The van der Waals surface area contributed by atoms with Gasteiger partial charge in [-0.1, -0.05) is 29.8 Å². The molecule has 0 bridgehead atoms. The SMILES string of the molecule is Cc1ccc(C(=O)C(F)(F)S(=O)O)cc1. The van der Waals surface area contributed by atoms with Gasteiger partial charge < -0.3 is 4.55 Å². The molecule has 0 radical (unpaired) electrons. The predicted octanol–water partition coefficient (Wildman–Crippen LogP) is 1.99. The van der Waals surface area contributed by atoms with Crippen LogP contribution < -0.4 is 0 Å². The molecule has 0 fully saturated rings. The number of Topliss-reactive ketones (excluding diaryl/α,β-unsaturated/α-hetero) is 1. The maximum absolute atomic E-state index is 12.8. The average molecular weight is 234 g/mol. The number of ketones is 1. The first kappa shape index (κ1) is 11.9. The molecule has 0 saturated heterocycles. The molecule has 15 heavy (non-hydrogen) atoms. The molecule has 0 aliphatic rings. The van der Waals surface area contributed by atoms with Crippen molar-refractivity contribution in [2.24, 2.45) is 0 Å². The standard InChI is InChI=1S/C9H8F2O3S/c1-6-2-4-7(5-3-6)8(12)9(10,11)15(13)14/h2-5H,1H3,(H,13,14). The van der Waals surface area contributed by atoms with Crippen LogP contribution in [0, 0.1) is 6.92 Å². The van der Waals surface area contributed by atoms with Crippen molar-refractivity contribution in [3.8, 4) is 0 Å². The van der Waals surface area contributed by atoms with Crippen molar-refractivity contribution in [2.45, 2.75) is 12.2 Å². The Bertz CT molecular complexity index is 400. The largest absolute Gasteiger partial charge is 0.406 e. The van der Waals surface area contributed by atoms with Gasteiger partial charge in [0.2, 0.25) is 16.9 Å².